The number of nitrogens with zero attached hydrogens (tertiary/aromatic N) is 3. The third-order valence-corrected chi connectivity index (χ3v) is 12.4. The minimum absolute atomic E-state index is 0.0996. The number of aliphatic hydroxyl groups is 1. The van der Waals surface area contributed by atoms with E-state index in [1.807, 2.05) is 51.9 Å². The molecule has 240 valence electrons. The van der Waals surface area contributed by atoms with Gasteiger partial charge in [-0.1, -0.05) is 55.5 Å². The normalized spacial score (nSPS) is 22.4. The van der Waals surface area contributed by atoms with E-state index in [1.54, 1.807) is 32.8 Å². The van der Waals surface area contributed by atoms with Crippen molar-refractivity contribution >= 4 is 18.4 Å². The second-order valence-electron chi connectivity index (χ2n) is 12.9. The first-order chi connectivity index (χ1) is 21.8. The SMILES string of the molecule is CC[P@](C)(=O)c1ccc(-c2nc(-c3cccc4c3CN(C3CC(O)(c5ccccc5)C3)C4=O)c(C3CC3)n2C)c(OC(F)(F)F)c1. The molecular weight excluding hydrogens is 614 g/mol. The molecule has 1 amide bonds. The Hall–Kier alpha value is -3.88. The number of ether oxygens (including phenoxy) is 1. The standard InChI is InChI=1S/C35H35F3N3O4P/c1-4-46(3,44)24-15-16-27(29(17-24)45-35(36,37)38)32-39-30(31(40(32)2)21-13-14-21)25-11-8-12-26-28(25)20-41(33(26)42)23-18-34(43,19-23)22-9-6-5-7-10-22/h5-12,15-17,21,23,43H,4,13-14,18-20H2,1-3H3/t23?,34?,46-/m0/s1. The summed E-state index contributed by atoms with van der Waals surface area (Å²) >= 11 is 0. The van der Waals surface area contributed by atoms with E-state index in [-0.39, 0.29) is 23.4 Å². The fraction of sp³-hybridized carbons (Fsp3) is 0.371. The summed E-state index contributed by atoms with van der Waals surface area (Å²) in [5, 5.41) is 11.5. The van der Waals surface area contributed by atoms with Gasteiger partial charge in [0.15, 0.2) is 0 Å². The molecule has 4 aromatic rings. The molecule has 1 N–H and O–H groups in total. The van der Waals surface area contributed by atoms with Gasteiger partial charge in [0.25, 0.3) is 5.91 Å². The topological polar surface area (TPSA) is 84.7 Å². The molecule has 0 saturated heterocycles. The highest BCUT2D eigenvalue weighted by molar-refractivity contribution is 7.70. The van der Waals surface area contributed by atoms with E-state index in [4.69, 9.17) is 4.98 Å². The van der Waals surface area contributed by atoms with Crippen molar-refractivity contribution in [1.29, 1.82) is 0 Å². The highest BCUT2D eigenvalue weighted by Gasteiger charge is 2.49. The third-order valence-electron chi connectivity index (χ3n) is 9.83. The van der Waals surface area contributed by atoms with Gasteiger partial charge in [0.05, 0.1) is 16.9 Å². The highest BCUT2D eigenvalue weighted by Crippen LogP contribution is 2.50. The Balaban J connectivity index is 1.27. The zero-order valence-electron chi connectivity index (χ0n) is 25.8. The molecule has 11 heteroatoms. The van der Waals surface area contributed by atoms with Crippen LogP contribution >= 0.6 is 7.14 Å². The second kappa shape index (κ2) is 10.8. The van der Waals surface area contributed by atoms with E-state index in [0.717, 1.165) is 35.2 Å². The van der Waals surface area contributed by atoms with E-state index < -0.39 is 24.9 Å². The van der Waals surface area contributed by atoms with Crippen LogP contribution in [0.3, 0.4) is 0 Å². The number of hydrogen-bond acceptors (Lipinski definition) is 5. The molecular formula is C35H35F3N3O4P. The van der Waals surface area contributed by atoms with Crippen LogP contribution in [0.25, 0.3) is 22.6 Å². The van der Waals surface area contributed by atoms with Crippen molar-refractivity contribution in [3.63, 3.8) is 0 Å². The van der Waals surface area contributed by atoms with Crippen LogP contribution in [0.1, 0.15) is 65.7 Å². The minimum Gasteiger partial charge on any atom is -0.405 e. The van der Waals surface area contributed by atoms with Gasteiger partial charge in [0, 0.05) is 66.7 Å². The van der Waals surface area contributed by atoms with Crippen molar-refractivity contribution in [3.8, 4) is 28.4 Å². The molecule has 0 bridgehead atoms. The van der Waals surface area contributed by atoms with Crippen LogP contribution in [-0.2, 0) is 23.8 Å². The number of fused-ring (bicyclic) bond motifs is 1. The number of halogens is 3. The first-order valence-electron chi connectivity index (χ1n) is 15.5. The maximum Gasteiger partial charge on any atom is 0.573 e. The first kappa shape index (κ1) is 30.8. The molecule has 1 aromatic heterocycles. The van der Waals surface area contributed by atoms with Gasteiger partial charge in [0.2, 0.25) is 0 Å². The number of rotatable bonds is 8. The molecule has 0 radical (unpaired) electrons. The maximum absolute atomic E-state index is 13.7. The Kier molecular flexibility index (Phi) is 7.25. The predicted octanol–water partition coefficient (Wildman–Crippen LogP) is 7.17. The van der Waals surface area contributed by atoms with Crippen molar-refractivity contribution in [2.75, 3.05) is 12.8 Å². The van der Waals surface area contributed by atoms with Crippen LogP contribution in [0.4, 0.5) is 13.2 Å². The summed E-state index contributed by atoms with van der Waals surface area (Å²) in [6.07, 6.45) is -1.93. The number of amides is 1. The van der Waals surface area contributed by atoms with Gasteiger partial charge in [-0.25, -0.2) is 4.98 Å². The first-order valence-corrected chi connectivity index (χ1v) is 17.9. The lowest BCUT2D eigenvalue weighted by atomic mass is 9.70. The fourth-order valence-electron chi connectivity index (χ4n) is 6.95. The molecule has 1 aliphatic heterocycles. The van der Waals surface area contributed by atoms with Crippen molar-refractivity contribution in [1.82, 2.24) is 14.5 Å². The second-order valence-corrected chi connectivity index (χ2v) is 16.2. The number of hydrogen-bond donors (Lipinski definition) is 1. The van der Waals surface area contributed by atoms with Crippen molar-refractivity contribution in [3.05, 3.63) is 89.1 Å². The molecule has 2 aliphatic carbocycles. The van der Waals surface area contributed by atoms with Crippen molar-refractivity contribution in [2.24, 2.45) is 7.05 Å². The summed E-state index contributed by atoms with van der Waals surface area (Å²) in [5.74, 6) is -0.0635. The van der Waals surface area contributed by atoms with Gasteiger partial charge in [-0.05, 0) is 48.8 Å². The van der Waals surface area contributed by atoms with Crippen LogP contribution in [0.2, 0.25) is 0 Å². The summed E-state index contributed by atoms with van der Waals surface area (Å²) in [5.41, 5.74) is 3.71. The summed E-state index contributed by atoms with van der Waals surface area (Å²) in [4.78, 5) is 20.5. The number of carbonyl (C=O) groups is 1. The number of aromatic nitrogens is 2. The van der Waals surface area contributed by atoms with Crippen LogP contribution < -0.4 is 10.0 Å². The number of carbonyl (C=O) groups excluding carboxylic acids is 1. The molecule has 2 heterocycles. The average Bonchev–Trinajstić information content (AvgIpc) is 3.71. The van der Waals surface area contributed by atoms with E-state index in [0.29, 0.717) is 47.9 Å². The summed E-state index contributed by atoms with van der Waals surface area (Å²) in [6.45, 7) is 3.65. The lowest BCUT2D eigenvalue weighted by molar-refractivity contribution is -0.274. The van der Waals surface area contributed by atoms with Gasteiger partial charge in [-0.2, -0.15) is 0 Å². The summed E-state index contributed by atoms with van der Waals surface area (Å²) in [6, 6.07) is 19.2. The molecule has 0 unspecified atom stereocenters. The van der Waals surface area contributed by atoms with Gasteiger partial charge in [-0.15, -0.1) is 13.2 Å². The predicted molar refractivity (Wildman–Crippen MR) is 170 cm³/mol. The number of imidazole rings is 1. The molecule has 1 atom stereocenters. The molecule has 7 nitrogen and oxygen atoms in total. The Morgan fingerprint density at radius 3 is 2.37 bits per heavy atom. The number of benzene rings is 3. The Morgan fingerprint density at radius 1 is 1.02 bits per heavy atom. The van der Waals surface area contributed by atoms with E-state index in [1.165, 1.54) is 12.1 Å². The molecule has 3 aromatic carbocycles. The molecule has 3 aliphatic rings. The largest absolute Gasteiger partial charge is 0.573 e. The van der Waals surface area contributed by atoms with Crippen LogP contribution in [0, 0.1) is 0 Å². The maximum atomic E-state index is 13.7. The molecule has 7 rings (SSSR count). The average molecular weight is 650 g/mol. The zero-order valence-corrected chi connectivity index (χ0v) is 26.7. The third kappa shape index (κ3) is 5.25. The van der Waals surface area contributed by atoms with Crippen LogP contribution in [0.15, 0.2) is 66.7 Å². The van der Waals surface area contributed by atoms with Crippen LogP contribution in [0.5, 0.6) is 5.75 Å². The monoisotopic (exact) mass is 649 g/mol. The number of alkyl halides is 3. The van der Waals surface area contributed by atoms with Gasteiger partial charge < -0.3 is 23.9 Å². The lowest BCUT2D eigenvalue weighted by Crippen LogP contribution is -2.53. The molecule has 2 saturated carbocycles. The lowest BCUT2D eigenvalue weighted by Gasteiger charge is -2.47. The Morgan fingerprint density at radius 2 is 1.72 bits per heavy atom. The highest BCUT2D eigenvalue weighted by atomic mass is 31.2. The molecule has 0 spiro atoms. The van der Waals surface area contributed by atoms with E-state index >= 15 is 0 Å². The van der Waals surface area contributed by atoms with Crippen LogP contribution in [-0.4, -0.2) is 50.7 Å². The van der Waals surface area contributed by atoms with Gasteiger partial charge in [0.1, 0.15) is 18.7 Å². The molecule has 46 heavy (non-hydrogen) atoms. The minimum atomic E-state index is -4.96. The van der Waals surface area contributed by atoms with E-state index in [2.05, 4.69) is 4.74 Å². The van der Waals surface area contributed by atoms with E-state index in [9.17, 15) is 27.6 Å². The van der Waals surface area contributed by atoms with Crippen molar-refractivity contribution in [2.45, 2.75) is 63.1 Å². The zero-order chi connectivity index (χ0) is 32.6. The van der Waals surface area contributed by atoms with Gasteiger partial charge in [-0.3, -0.25) is 4.79 Å². The Labute approximate surface area is 265 Å². The summed E-state index contributed by atoms with van der Waals surface area (Å²) < 4.78 is 60.3. The van der Waals surface area contributed by atoms with Crippen molar-refractivity contribution < 1.29 is 32.4 Å². The van der Waals surface area contributed by atoms with Gasteiger partial charge >= 0.3 is 6.36 Å². The fourth-order valence-corrected chi connectivity index (χ4v) is 8.10. The smallest absolute Gasteiger partial charge is 0.405 e. The molecule has 2 fully saturated rings. The Bertz CT molecular complexity index is 1890. The summed E-state index contributed by atoms with van der Waals surface area (Å²) in [7, 11) is -1.09. The quantitative estimate of drug-likeness (QED) is 0.205.